The molecule has 0 aliphatic rings. The van der Waals surface area contributed by atoms with Gasteiger partial charge >= 0.3 is 5.97 Å². The maximum Gasteiger partial charge on any atom is 0.348 e. The second kappa shape index (κ2) is 3.43. The monoisotopic (exact) mass is 222 g/mol. The van der Waals surface area contributed by atoms with Crippen LogP contribution in [-0.2, 0) is 7.05 Å². The fourth-order valence-corrected chi connectivity index (χ4v) is 2.27. The minimum absolute atomic E-state index is 0.203. The van der Waals surface area contributed by atoms with Crippen LogP contribution >= 0.6 is 11.3 Å². The number of carboxylic acid groups (broad SMARTS) is 1. The summed E-state index contributed by atoms with van der Waals surface area (Å²) in [7, 11) is 1.92. The van der Waals surface area contributed by atoms with Gasteiger partial charge in [-0.1, -0.05) is 0 Å². The number of hydrogen-bond donors (Lipinski definition) is 2. The molecule has 4 nitrogen and oxygen atoms in total. The van der Waals surface area contributed by atoms with Crippen LogP contribution in [0.4, 0.5) is 5.69 Å². The van der Waals surface area contributed by atoms with Crippen LogP contribution in [0.3, 0.4) is 0 Å². The third-order valence-corrected chi connectivity index (χ3v) is 3.26. The van der Waals surface area contributed by atoms with E-state index in [9.17, 15) is 4.79 Å². The predicted octanol–water partition coefficient (Wildman–Crippen LogP) is 2.03. The van der Waals surface area contributed by atoms with Crippen LogP contribution in [0.15, 0.2) is 24.5 Å². The van der Waals surface area contributed by atoms with Gasteiger partial charge in [-0.2, -0.15) is 0 Å². The molecule has 0 amide bonds. The summed E-state index contributed by atoms with van der Waals surface area (Å²) >= 11 is 1.20. The highest BCUT2D eigenvalue weighted by molar-refractivity contribution is 7.17. The molecule has 0 aliphatic heterocycles. The van der Waals surface area contributed by atoms with Gasteiger partial charge in [0.1, 0.15) is 4.88 Å². The van der Waals surface area contributed by atoms with Gasteiger partial charge in [0.15, 0.2) is 0 Å². The molecule has 0 spiro atoms. The van der Waals surface area contributed by atoms with Crippen LogP contribution in [-0.4, -0.2) is 15.6 Å². The lowest BCUT2D eigenvalue weighted by Crippen LogP contribution is -1.96. The van der Waals surface area contributed by atoms with Crippen molar-refractivity contribution in [2.75, 3.05) is 5.73 Å². The molecule has 2 heterocycles. The first-order valence-electron chi connectivity index (χ1n) is 4.33. The summed E-state index contributed by atoms with van der Waals surface area (Å²) in [6, 6.07) is 3.63. The fourth-order valence-electron chi connectivity index (χ4n) is 1.36. The van der Waals surface area contributed by atoms with E-state index in [1.807, 2.05) is 30.1 Å². The largest absolute Gasteiger partial charge is 0.477 e. The number of rotatable bonds is 2. The lowest BCUT2D eigenvalue weighted by molar-refractivity contribution is 0.0703. The lowest BCUT2D eigenvalue weighted by Gasteiger charge is -1.89. The molecule has 2 aromatic rings. The van der Waals surface area contributed by atoms with E-state index in [4.69, 9.17) is 10.8 Å². The predicted molar refractivity (Wildman–Crippen MR) is 60.1 cm³/mol. The molecule has 2 aromatic heterocycles. The van der Waals surface area contributed by atoms with E-state index in [-0.39, 0.29) is 4.88 Å². The van der Waals surface area contributed by atoms with Crippen molar-refractivity contribution < 1.29 is 9.90 Å². The Balaban J connectivity index is 2.46. The summed E-state index contributed by atoms with van der Waals surface area (Å²) in [4.78, 5) is 11.9. The van der Waals surface area contributed by atoms with Gasteiger partial charge in [-0.05, 0) is 12.1 Å². The topological polar surface area (TPSA) is 68.2 Å². The van der Waals surface area contributed by atoms with Crippen molar-refractivity contribution in [1.82, 2.24) is 4.57 Å². The number of hydrogen-bond acceptors (Lipinski definition) is 3. The zero-order valence-electron chi connectivity index (χ0n) is 8.10. The molecule has 15 heavy (non-hydrogen) atoms. The Kier molecular flexibility index (Phi) is 2.24. The minimum Gasteiger partial charge on any atom is -0.477 e. The van der Waals surface area contributed by atoms with Gasteiger partial charge < -0.3 is 15.4 Å². The van der Waals surface area contributed by atoms with E-state index in [0.717, 1.165) is 10.4 Å². The normalized spacial score (nSPS) is 10.5. The number of aryl methyl sites for hydroxylation is 1. The number of thiophene rings is 1. The molecule has 0 aromatic carbocycles. The molecular weight excluding hydrogens is 212 g/mol. The van der Waals surface area contributed by atoms with E-state index in [1.54, 1.807) is 6.07 Å². The van der Waals surface area contributed by atoms with Gasteiger partial charge in [-0.3, -0.25) is 0 Å². The third-order valence-electron chi connectivity index (χ3n) is 2.07. The van der Waals surface area contributed by atoms with E-state index < -0.39 is 5.97 Å². The Hall–Kier alpha value is -1.75. The lowest BCUT2D eigenvalue weighted by atomic mass is 10.2. The highest BCUT2D eigenvalue weighted by atomic mass is 32.1. The van der Waals surface area contributed by atoms with E-state index in [0.29, 0.717) is 5.69 Å². The van der Waals surface area contributed by atoms with Crippen LogP contribution in [0.5, 0.6) is 0 Å². The Bertz CT molecular complexity index is 513. The molecular formula is C10H10N2O2S. The molecule has 0 fully saturated rings. The number of nitrogens with zero attached hydrogens (tertiary/aromatic N) is 1. The van der Waals surface area contributed by atoms with E-state index in [2.05, 4.69) is 0 Å². The maximum atomic E-state index is 10.8. The molecule has 0 atom stereocenters. The van der Waals surface area contributed by atoms with Crippen molar-refractivity contribution in [3.05, 3.63) is 29.4 Å². The number of nitrogens with two attached hydrogens (primary N) is 1. The van der Waals surface area contributed by atoms with Crippen molar-refractivity contribution in [3.8, 4) is 10.4 Å². The molecule has 0 radical (unpaired) electrons. The standard InChI is InChI=1S/C10H10N2O2S/c1-12-3-2-6(5-12)8-4-7(11)9(15-8)10(13)14/h2-5H,11H2,1H3,(H,13,14). The second-order valence-electron chi connectivity index (χ2n) is 3.27. The smallest absolute Gasteiger partial charge is 0.348 e. The number of carbonyl (C=O) groups is 1. The SMILES string of the molecule is Cn1ccc(-c2cc(N)c(C(=O)O)s2)c1. The molecule has 0 unspecified atom stereocenters. The third kappa shape index (κ3) is 1.73. The van der Waals surface area contributed by atoms with Crippen LogP contribution in [0, 0.1) is 0 Å². The highest BCUT2D eigenvalue weighted by Crippen LogP contribution is 2.33. The zero-order chi connectivity index (χ0) is 11.0. The second-order valence-corrected chi connectivity index (χ2v) is 4.32. The van der Waals surface area contributed by atoms with E-state index in [1.165, 1.54) is 11.3 Å². The molecule has 0 saturated heterocycles. The van der Waals surface area contributed by atoms with Crippen LogP contribution in [0.2, 0.25) is 0 Å². The summed E-state index contributed by atoms with van der Waals surface area (Å²) < 4.78 is 1.91. The summed E-state index contributed by atoms with van der Waals surface area (Å²) in [5, 5.41) is 8.86. The average Bonchev–Trinajstić information content (AvgIpc) is 2.71. The quantitative estimate of drug-likeness (QED) is 0.817. The summed E-state index contributed by atoms with van der Waals surface area (Å²) in [6.45, 7) is 0. The first-order valence-corrected chi connectivity index (χ1v) is 5.14. The number of anilines is 1. The van der Waals surface area contributed by atoms with E-state index >= 15 is 0 Å². The van der Waals surface area contributed by atoms with Crippen LogP contribution in [0.1, 0.15) is 9.67 Å². The van der Waals surface area contributed by atoms with Gasteiger partial charge in [-0.25, -0.2) is 4.79 Å². The number of carboxylic acids is 1. The Morgan fingerprint density at radius 3 is 2.80 bits per heavy atom. The van der Waals surface area contributed by atoms with Crippen molar-refractivity contribution in [1.29, 1.82) is 0 Å². The minimum atomic E-state index is -0.973. The van der Waals surface area contributed by atoms with Gasteiger partial charge in [0.25, 0.3) is 0 Å². The first-order chi connectivity index (χ1) is 7.08. The van der Waals surface area contributed by atoms with Crippen LogP contribution in [0.25, 0.3) is 10.4 Å². The van der Waals surface area contributed by atoms with Crippen molar-refractivity contribution >= 4 is 23.0 Å². The zero-order valence-corrected chi connectivity index (χ0v) is 8.91. The Morgan fingerprint density at radius 1 is 1.60 bits per heavy atom. The molecule has 0 aliphatic carbocycles. The molecule has 2 rings (SSSR count). The number of nitrogen functional groups attached to an aromatic ring is 1. The molecule has 5 heteroatoms. The van der Waals surface area contributed by atoms with Gasteiger partial charge in [0.2, 0.25) is 0 Å². The Morgan fingerprint density at radius 2 is 2.33 bits per heavy atom. The van der Waals surface area contributed by atoms with Crippen molar-refractivity contribution in [2.24, 2.45) is 7.05 Å². The Labute approximate surface area is 90.6 Å². The molecule has 78 valence electrons. The maximum absolute atomic E-state index is 10.8. The van der Waals surface area contributed by atoms with Crippen molar-refractivity contribution in [2.45, 2.75) is 0 Å². The van der Waals surface area contributed by atoms with Crippen molar-refractivity contribution in [3.63, 3.8) is 0 Å². The highest BCUT2D eigenvalue weighted by Gasteiger charge is 2.14. The number of aromatic nitrogens is 1. The summed E-state index contributed by atoms with van der Waals surface area (Å²) in [5.74, 6) is -0.973. The van der Waals surface area contributed by atoms with Gasteiger partial charge in [0, 0.05) is 29.9 Å². The molecule has 3 N–H and O–H groups in total. The average molecular weight is 222 g/mol. The summed E-state index contributed by atoms with van der Waals surface area (Å²) in [6.07, 6.45) is 3.84. The number of aromatic carboxylic acids is 1. The van der Waals surface area contributed by atoms with Crippen LogP contribution < -0.4 is 5.73 Å². The first kappa shape index (κ1) is 9.79. The molecule has 0 saturated carbocycles. The summed E-state index contributed by atoms with van der Waals surface area (Å²) in [5.41, 5.74) is 6.92. The van der Waals surface area contributed by atoms with Gasteiger partial charge in [-0.15, -0.1) is 11.3 Å². The fraction of sp³-hybridized carbons (Fsp3) is 0.100. The molecule has 0 bridgehead atoms. The van der Waals surface area contributed by atoms with Gasteiger partial charge in [0.05, 0.1) is 5.69 Å².